The van der Waals surface area contributed by atoms with Crippen LogP contribution in [0.1, 0.15) is 49.0 Å². The van der Waals surface area contributed by atoms with Gasteiger partial charge >= 0.3 is 5.97 Å². The lowest BCUT2D eigenvalue weighted by atomic mass is 9.78. The molecule has 0 spiro atoms. The van der Waals surface area contributed by atoms with Crippen molar-refractivity contribution in [1.29, 1.82) is 0 Å². The Morgan fingerprint density at radius 2 is 2.00 bits per heavy atom. The van der Waals surface area contributed by atoms with Crippen LogP contribution in [-0.4, -0.2) is 31.6 Å². The quantitative estimate of drug-likeness (QED) is 0.841. The first-order valence-corrected chi connectivity index (χ1v) is 8.53. The van der Waals surface area contributed by atoms with Crippen molar-refractivity contribution < 1.29 is 19.1 Å². The first kappa shape index (κ1) is 18.3. The van der Waals surface area contributed by atoms with E-state index >= 15 is 0 Å². The van der Waals surface area contributed by atoms with Crippen molar-refractivity contribution in [2.75, 3.05) is 13.7 Å². The van der Waals surface area contributed by atoms with Crippen molar-refractivity contribution in [2.24, 2.45) is 11.8 Å². The molecule has 24 heavy (non-hydrogen) atoms. The molecule has 3 atom stereocenters. The third kappa shape index (κ3) is 4.49. The van der Waals surface area contributed by atoms with E-state index in [4.69, 9.17) is 9.47 Å². The van der Waals surface area contributed by atoms with Crippen LogP contribution < -0.4 is 10.1 Å². The van der Waals surface area contributed by atoms with E-state index in [0.717, 1.165) is 18.4 Å². The Hall–Kier alpha value is -2.04. The number of ether oxygens (including phenoxy) is 2. The maximum Gasteiger partial charge on any atom is 0.338 e. The number of carbonyl (C=O) groups excluding carboxylic acids is 2. The average molecular weight is 333 g/mol. The Morgan fingerprint density at radius 3 is 2.71 bits per heavy atom. The van der Waals surface area contributed by atoms with Crippen molar-refractivity contribution in [3.8, 4) is 5.75 Å². The van der Waals surface area contributed by atoms with Crippen LogP contribution in [0.2, 0.25) is 0 Å². The lowest BCUT2D eigenvalue weighted by Crippen LogP contribution is -2.45. The molecule has 0 aromatic heterocycles. The van der Waals surface area contributed by atoms with Crippen LogP contribution >= 0.6 is 0 Å². The summed E-state index contributed by atoms with van der Waals surface area (Å²) in [5.41, 5.74) is 1.32. The van der Waals surface area contributed by atoms with E-state index in [1.165, 1.54) is 6.42 Å². The van der Waals surface area contributed by atoms with Gasteiger partial charge in [0.2, 0.25) is 0 Å². The van der Waals surface area contributed by atoms with Gasteiger partial charge in [-0.25, -0.2) is 4.79 Å². The SMILES string of the molecule is COc1cc(C(=O)OCC(=O)N[C@@H]2CCC[C@H](C)[C@@H]2C)ccc1C. The monoisotopic (exact) mass is 333 g/mol. The first-order valence-electron chi connectivity index (χ1n) is 8.53. The number of methoxy groups -OCH3 is 1. The standard InChI is InChI=1S/C19H27NO4/c1-12-6-5-7-16(14(12)3)20-18(21)11-24-19(22)15-9-8-13(2)17(10-15)23-4/h8-10,12,14,16H,5-7,11H2,1-4H3,(H,20,21)/t12-,14-,16+/m0/s1. The van der Waals surface area contributed by atoms with Gasteiger partial charge < -0.3 is 14.8 Å². The number of esters is 1. The zero-order chi connectivity index (χ0) is 17.7. The number of amides is 1. The molecular formula is C19H27NO4. The van der Waals surface area contributed by atoms with Crippen molar-refractivity contribution in [3.63, 3.8) is 0 Å². The molecule has 0 unspecified atom stereocenters. The van der Waals surface area contributed by atoms with Crippen LogP contribution in [0.25, 0.3) is 0 Å². The first-order chi connectivity index (χ1) is 11.4. The summed E-state index contributed by atoms with van der Waals surface area (Å²) in [4.78, 5) is 24.1. The molecule has 1 amide bonds. The molecule has 0 aliphatic heterocycles. The molecule has 5 heteroatoms. The number of rotatable bonds is 5. The van der Waals surface area contributed by atoms with E-state index in [2.05, 4.69) is 19.2 Å². The van der Waals surface area contributed by atoms with E-state index in [-0.39, 0.29) is 18.6 Å². The Kier molecular flexibility index (Phi) is 6.23. The van der Waals surface area contributed by atoms with Crippen LogP contribution in [0.15, 0.2) is 18.2 Å². The normalized spacial score (nSPS) is 23.4. The van der Waals surface area contributed by atoms with Gasteiger partial charge in [0.1, 0.15) is 5.75 Å². The van der Waals surface area contributed by atoms with Gasteiger partial charge in [0, 0.05) is 6.04 Å². The molecule has 5 nitrogen and oxygen atoms in total. The summed E-state index contributed by atoms with van der Waals surface area (Å²) in [5.74, 6) is 0.909. The minimum Gasteiger partial charge on any atom is -0.496 e. The Labute approximate surface area is 143 Å². The second kappa shape index (κ2) is 8.18. The fourth-order valence-corrected chi connectivity index (χ4v) is 3.20. The summed E-state index contributed by atoms with van der Waals surface area (Å²) < 4.78 is 10.3. The van der Waals surface area contributed by atoms with Gasteiger partial charge in [-0.1, -0.05) is 32.8 Å². The Balaban J connectivity index is 1.86. The van der Waals surface area contributed by atoms with E-state index in [1.807, 2.05) is 6.92 Å². The van der Waals surface area contributed by atoms with Crippen LogP contribution in [0, 0.1) is 18.8 Å². The molecule has 1 aliphatic carbocycles. The number of hydrogen-bond acceptors (Lipinski definition) is 4. The second-order valence-electron chi connectivity index (χ2n) is 6.70. The summed E-state index contributed by atoms with van der Waals surface area (Å²) in [6.45, 7) is 6.02. The highest BCUT2D eigenvalue weighted by Crippen LogP contribution is 2.29. The van der Waals surface area contributed by atoms with E-state index in [0.29, 0.717) is 23.1 Å². The molecule has 1 saturated carbocycles. The topological polar surface area (TPSA) is 64.6 Å². The minimum absolute atomic E-state index is 0.166. The van der Waals surface area contributed by atoms with Gasteiger partial charge in [0.25, 0.3) is 5.91 Å². The highest BCUT2D eigenvalue weighted by Gasteiger charge is 2.28. The van der Waals surface area contributed by atoms with Crippen molar-refractivity contribution in [1.82, 2.24) is 5.32 Å². The minimum atomic E-state index is -0.520. The third-order valence-electron chi connectivity index (χ3n) is 5.03. The maximum atomic E-state index is 12.1. The van der Waals surface area contributed by atoms with Crippen LogP contribution in [0.5, 0.6) is 5.75 Å². The van der Waals surface area contributed by atoms with Crippen LogP contribution in [0.3, 0.4) is 0 Å². The molecule has 1 fully saturated rings. The lowest BCUT2D eigenvalue weighted by molar-refractivity contribution is -0.125. The molecule has 1 aromatic rings. The molecule has 1 aromatic carbocycles. The van der Waals surface area contributed by atoms with Crippen molar-refractivity contribution >= 4 is 11.9 Å². The molecule has 2 rings (SSSR count). The summed E-state index contributed by atoms with van der Waals surface area (Å²) in [6, 6.07) is 5.25. The van der Waals surface area contributed by atoms with Crippen molar-refractivity contribution in [3.05, 3.63) is 29.3 Å². The molecule has 1 aliphatic rings. The highest BCUT2D eigenvalue weighted by molar-refractivity contribution is 5.91. The fourth-order valence-electron chi connectivity index (χ4n) is 3.20. The maximum absolute atomic E-state index is 12.1. The number of hydrogen-bond donors (Lipinski definition) is 1. The highest BCUT2D eigenvalue weighted by atomic mass is 16.5. The third-order valence-corrected chi connectivity index (χ3v) is 5.03. The molecule has 0 saturated heterocycles. The zero-order valence-electron chi connectivity index (χ0n) is 14.9. The molecule has 132 valence electrons. The summed E-state index contributed by atoms with van der Waals surface area (Å²) in [5, 5.41) is 3.00. The van der Waals surface area contributed by atoms with E-state index in [9.17, 15) is 9.59 Å². The van der Waals surface area contributed by atoms with E-state index in [1.54, 1.807) is 25.3 Å². The van der Waals surface area contributed by atoms with E-state index < -0.39 is 5.97 Å². The predicted octanol–water partition coefficient (Wildman–Crippen LogP) is 3.10. The number of aryl methyl sites for hydroxylation is 1. The Morgan fingerprint density at radius 1 is 1.25 bits per heavy atom. The summed E-state index contributed by atoms with van der Waals surface area (Å²) in [7, 11) is 1.55. The Bertz CT molecular complexity index is 599. The van der Waals surface area contributed by atoms with Gasteiger partial charge in [-0.3, -0.25) is 4.79 Å². The fraction of sp³-hybridized carbons (Fsp3) is 0.579. The molecular weight excluding hydrogens is 306 g/mol. The van der Waals surface area contributed by atoms with Gasteiger partial charge in [-0.15, -0.1) is 0 Å². The summed E-state index contributed by atoms with van der Waals surface area (Å²) >= 11 is 0. The predicted molar refractivity (Wildman–Crippen MR) is 92.1 cm³/mol. The largest absolute Gasteiger partial charge is 0.496 e. The number of nitrogens with one attached hydrogen (secondary N) is 1. The molecule has 0 bridgehead atoms. The lowest BCUT2D eigenvalue weighted by Gasteiger charge is -2.34. The van der Waals surface area contributed by atoms with Crippen LogP contribution in [0.4, 0.5) is 0 Å². The van der Waals surface area contributed by atoms with Gasteiger partial charge in [0.15, 0.2) is 6.61 Å². The van der Waals surface area contributed by atoms with Crippen molar-refractivity contribution in [2.45, 2.75) is 46.1 Å². The number of carbonyl (C=O) groups is 2. The van der Waals surface area contributed by atoms with Gasteiger partial charge in [-0.05, 0) is 42.9 Å². The summed E-state index contributed by atoms with van der Waals surface area (Å²) in [6.07, 6.45) is 3.32. The van der Waals surface area contributed by atoms with Gasteiger partial charge in [0.05, 0.1) is 12.7 Å². The van der Waals surface area contributed by atoms with Crippen LogP contribution in [-0.2, 0) is 9.53 Å². The van der Waals surface area contributed by atoms with Gasteiger partial charge in [-0.2, -0.15) is 0 Å². The second-order valence-corrected chi connectivity index (χ2v) is 6.70. The molecule has 1 N–H and O–H groups in total. The average Bonchev–Trinajstić information content (AvgIpc) is 2.57. The molecule has 0 heterocycles. The smallest absolute Gasteiger partial charge is 0.338 e. The molecule has 0 radical (unpaired) electrons. The zero-order valence-corrected chi connectivity index (χ0v) is 14.9. The number of benzene rings is 1.